The molecule has 0 radical (unpaired) electrons. The highest BCUT2D eigenvalue weighted by Gasteiger charge is 2.21. The lowest BCUT2D eigenvalue weighted by molar-refractivity contribution is -0.121. The zero-order valence-corrected chi connectivity index (χ0v) is 15.2. The molecule has 3 aromatic heterocycles. The Morgan fingerprint density at radius 2 is 1.96 bits per heavy atom. The van der Waals surface area contributed by atoms with Crippen LogP contribution in [0.1, 0.15) is 29.7 Å². The number of pyridine rings is 1. The van der Waals surface area contributed by atoms with Gasteiger partial charge in [-0.1, -0.05) is 36.4 Å². The third kappa shape index (κ3) is 3.54. The van der Waals surface area contributed by atoms with Crippen LogP contribution in [0.4, 0.5) is 0 Å². The van der Waals surface area contributed by atoms with Crippen LogP contribution < -0.4 is 11.0 Å². The van der Waals surface area contributed by atoms with E-state index in [1.165, 1.54) is 9.08 Å². The van der Waals surface area contributed by atoms with Crippen LogP contribution in [-0.4, -0.2) is 35.3 Å². The molecule has 1 amide bonds. The number of nitrogens with zero attached hydrogens (tertiary/aromatic N) is 5. The van der Waals surface area contributed by atoms with Crippen molar-refractivity contribution in [3.05, 3.63) is 82.4 Å². The molecule has 0 aliphatic rings. The lowest BCUT2D eigenvalue weighted by Crippen LogP contribution is -2.32. The van der Waals surface area contributed by atoms with E-state index in [0.717, 1.165) is 5.56 Å². The summed E-state index contributed by atoms with van der Waals surface area (Å²) in [5, 5.41) is 14.2. The van der Waals surface area contributed by atoms with Crippen LogP contribution in [0.5, 0.6) is 0 Å². The second kappa shape index (κ2) is 7.47. The molecule has 3 heterocycles. The first-order valence-electron chi connectivity index (χ1n) is 8.89. The fourth-order valence-corrected chi connectivity index (χ4v) is 2.99. The van der Waals surface area contributed by atoms with Crippen LogP contribution in [0.25, 0.3) is 5.65 Å². The van der Waals surface area contributed by atoms with Gasteiger partial charge < -0.3 is 5.32 Å². The minimum Gasteiger partial charge on any atom is -0.342 e. The Balaban J connectivity index is 1.50. The molecular weight excluding hydrogens is 358 g/mol. The first kappa shape index (κ1) is 17.7. The van der Waals surface area contributed by atoms with E-state index < -0.39 is 6.04 Å². The number of fused-ring (bicyclic) bond motifs is 1. The van der Waals surface area contributed by atoms with Crippen molar-refractivity contribution in [2.24, 2.45) is 0 Å². The number of aryl methyl sites for hydroxylation is 2. The molecule has 9 nitrogen and oxygen atoms in total. The first-order valence-corrected chi connectivity index (χ1v) is 8.89. The maximum absolute atomic E-state index is 12.6. The summed E-state index contributed by atoms with van der Waals surface area (Å²) >= 11 is 0. The number of rotatable bonds is 6. The highest BCUT2D eigenvalue weighted by molar-refractivity contribution is 5.76. The standard InChI is InChI=1S/C19H19N7O2/c1-13-20-18(23-22-13)17(14-7-3-2-4-8-14)21-16(27)10-12-26-19(28)25-11-6-5-9-15(25)24-26/h2-9,11,17H,10,12H2,1H3,(H,21,27)(H,20,22,23). The third-order valence-corrected chi connectivity index (χ3v) is 4.35. The number of benzene rings is 1. The summed E-state index contributed by atoms with van der Waals surface area (Å²) in [5.74, 6) is 0.934. The lowest BCUT2D eigenvalue weighted by Gasteiger charge is -2.16. The quantitative estimate of drug-likeness (QED) is 0.525. The van der Waals surface area contributed by atoms with Crippen LogP contribution in [0.3, 0.4) is 0 Å². The van der Waals surface area contributed by atoms with Crippen molar-refractivity contribution in [3.8, 4) is 0 Å². The van der Waals surface area contributed by atoms with E-state index in [0.29, 0.717) is 17.3 Å². The monoisotopic (exact) mass is 377 g/mol. The van der Waals surface area contributed by atoms with Gasteiger partial charge in [-0.2, -0.15) is 5.10 Å². The maximum Gasteiger partial charge on any atom is 0.350 e. The van der Waals surface area contributed by atoms with Crippen molar-refractivity contribution in [1.29, 1.82) is 0 Å². The van der Waals surface area contributed by atoms with Crippen LogP contribution >= 0.6 is 0 Å². The molecule has 9 heteroatoms. The molecule has 2 N–H and O–H groups in total. The second-order valence-corrected chi connectivity index (χ2v) is 6.37. The molecule has 1 aromatic carbocycles. The van der Waals surface area contributed by atoms with E-state index in [2.05, 4.69) is 25.6 Å². The summed E-state index contributed by atoms with van der Waals surface area (Å²) in [6.07, 6.45) is 1.76. The topological polar surface area (TPSA) is 110 Å². The summed E-state index contributed by atoms with van der Waals surface area (Å²) in [6, 6.07) is 14.3. The summed E-state index contributed by atoms with van der Waals surface area (Å²) in [6.45, 7) is 1.98. The normalized spacial score (nSPS) is 12.2. The first-order chi connectivity index (χ1) is 13.6. The van der Waals surface area contributed by atoms with Gasteiger partial charge in [-0.25, -0.2) is 14.5 Å². The van der Waals surface area contributed by atoms with Crippen molar-refractivity contribution < 1.29 is 4.79 Å². The van der Waals surface area contributed by atoms with Gasteiger partial charge in [-0.05, 0) is 24.6 Å². The zero-order chi connectivity index (χ0) is 19.5. The summed E-state index contributed by atoms with van der Waals surface area (Å²) in [5.41, 5.74) is 1.15. The fraction of sp³-hybridized carbons (Fsp3) is 0.211. The number of hydrogen-bond acceptors (Lipinski definition) is 5. The largest absolute Gasteiger partial charge is 0.350 e. The van der Waals surface area contributed by atoms with E-state index in [1.807, 2.05) is 36.4 Å². The summed E-state index contributed by atoms with van der Waals surface area (Å²) in [4.78, 5) is 29.2. The molecule has 4 rings (SSSR count). The van der Waals surface area contributed by atoms with Gasteiger partial charge in [0.15, 0.2) is 11.5 Å². The Morgan fingerprint density at radius 3 is 2.68 bits per heavy atom. The minimum atomic E-state index is -0.476. The minimum absolute atomic E-state index is 0.108. The van der Waals surface area contributed by atoms with Crippen molar-refractivity contribution >= 4 is 11.6 Å². The van der Waals surface area contributed by atoms with Crippen LogP contribution in [0.15, 0.2) is 59.5 Å². The average molecular weight is 377 g/mol. The fourth-order valence-electron chi connectivity index (χ4n) is 2.99. The Morgan fingerprint density at radius 1 is 1.18 bits per heavy atom. The molecule has 1 atom stereocenters. The van der Waals surface area contributed by atoms with E-state index in [1.54, 1.807) is 25.3 Å². The molecule has 1 unspecified atom stereocenters. The number of H-pyrrole nitrogens is 1. The van der Waals surface area contributed by atoms with Crippen molar-refractivity contribution in [2.75, 3.05) is 0 Å². The maximum atomic E-state index is 12.6. The number of aromatic nitrogens is 6. The number of amides is 1. The molecule has 0 fully saturated rings. The predicted octanol–water partition coefficient (Wildman–Crippen LogP) is 1.22. The van der Waals surface area contributed by atoms with Gasteiger partial charge >= 0.3 is 5.69 Å². The second-order valence-electron chi connectivity index (χ2n) is 6.37. The Kier molecular flexibility index (Phi) is 4.71. The Hall–Kier alpha value is -3.75. The molecule has 0 spiro atoms. The molecule has 142 valence electrons. The number of hydrogen-bond donors (Lipinski definition) is 2. The highest BCUT2D eigenvalue weighted by atomic mass is 16.2. The van der Waals surface area contributed by atoms with Gasteiger partial charge in [0, 0.05) is 12.6 Å². The van der Waals surface area contributed by atoms with E-state index in [9.17, 15) is 9.59 Å². The molecule has 0 aliphatic carbocycles. The van der Waals surface area contributed by atoms with Gasteiger partial charge in [-0.3, -0.25) is 14.3 Å². The smallest absolute Gasteiger partial charge is 0.342 e. The molecule has 28 heavy (non-hydrogen) atoms. The summed E-state index contributed by atoms with van der Waals surface area (Å²) < 4.78 is 2.74. The zero-order valence-electron chi connectivity index (χ0n) is 15.2. The molecular formula is C19H19N7O2. The van der Waals surface area contributed by atoms with Gasteiger partial charge in [0.25, 0.3) is 0 Å². The number of nitrogens with one attached hydrogen (secondary N) is 2. The predicted molar refractivity (Wildman–Crippen MR) is 102 cm³/mol. The number of carbonyl (C=O) groups excluding carboxylic acids is 1. The van der Waals surface area contributed by atoms with Crippen molar-refractivity contribution in [3.63, 3.8) is 0 Å². The molecule has 0 bridgehead atoms. The van der Waals surface area contributed by atoms with E-state index >= 15 is 0 Å². The average Bonchev–Trinajstić information content (AvgIpc) is 3.29. The lowest BCUT2D eigenvalue weighted by atomic mass is 10.1. The van der Waals surface area contributed by atoms with Gasteiger partial charge in [-0.15, -0.1) is 5.10 Å². The van der Waals surface area contributed by atoms with E-state index in [-0.39, 0.29) is 24.6 Å². The van der Waals surface area contributed by atoms with Crippen molar-refractivity contribution in [1.82, 2.24) is 34.7 Å². The summed E-state index contributed by atoms with van der Waals surface area (Å²) in [7, 11) is 0. The van der Waals surface area contributed by atoms with E-state index in [4.69, 9.17) is 0 Å². The highest BCUT2D eigenvalue weighted by Crippen LogP contribution is 2.18. The van der Waals surface area contributed by atoms with Crippen LogP contribution in [0.2, 0.25) is 0 Å². The van der Waals surface area contributed by atoms with Crippen LogP contribution in [-0.2, 0) is 11.3 Å². The SMILES string of the molecule is Cc1nc(C(NC(=O)CCn2nc3ccccn3c2=O)c2ccccc2)n[nH]1. The molecule has 0 saturated carbocycles. The van der Waals surface area contributed by atoms with Gasteiger partial charge in [0.1, 0.15) is 11.9 Å². The van der Waals surface area contributed by atoms with Gasteiger partial charge in [0.2, 0.25) is 5.91 Å². The van der Waals surface area contributed by atoms with Gasteiger partial charge in [0.05, 0.1) is 6.54 Å². The molecule has 0 aliphatic heterocycles. The van der Waals surface area contributed by atoms with Crippen LogP contribution in [0, 0.1) is 6.92 Å². The molecule has 4 aromatic rings. The molecule has 0 saturated heterocycles. The number of aromatic amines is 1. The Labute approximate surface area is 160 Å². The number of carbonyl (C=O) groups is 1. The Bertz CT molecular complexity index is 1160. The third-order valence-electron chi connectivity index (χ3n) is 4.35. The van der Waals surface area contributed by atoms with Crippen molar-refractivity contribution in [2.45, 2.75) is 25.9 Å².